The number of amides is 1. The topological polar surface area (TPSA) is 36.0 Å². The molecular weight excluding hydrogens is 482 g/mol. The highest BCUT2D eigenvalue weighted by atomic mass is 16.6. The Morgan fingerprint density at radius 1 is 0.949 bits per heavy atom. The van der Waals surface area contributed by atoms with E-state index in [0.717, 1.165) is 58.5 Å². The van der Waals surface area contributed by atoms with Crippen molar-refractivity contribution >= 4 is 6.09 Å². The summed E-state index contributed by atoms with van der Waals surface area (Å²) in [4.78, 5) is 20.1. The second-order valence-corrected chi connectivity index (χ2v) is 13.6. The van der Waals surface area contributed by atoms with E-state index in [2.05, 4.69) is 78.2 Å². The standard InChI is InChI=1S/C34H49N3O2/c1-26(2)29-13-9-10-14-30(29)31-25-35(18-15-27-11-7-6-8-12-27)21-22-37(31)28-23-34(24-28)16-19-36(20-17-34)32(38)39-33(3,4)5/h6-14,26,28,31H,15-25H2,1-5H3. The minimum atomic E-state index is -0.432. The van der Waals surface area contributed by atoms with Crippen LogP contribution in [0.15, 0.2) is 54.6 Å². The molecule has 5 rings (SSSR count). The Morgan fingerprint density at radius 3 is 2.28 bits per heavy atom. The van der Waals surface area contributed by atoms with Gasteiger partial charge in [-0.15, -0.1) is 0 Å². The van der Waals surface area contributed by atoms with Crippen LogP contribution in [0, 0.1) is 5.41 Å². The van der Waals surface area contributed by atoms with Crippen LogP contribution < -0.4 is 0 Å². The van der Waals surface area contributed by atoms with Gasteiger partial charge in [-0.2, -0.15) is 0 Å². The van der Waals surface area contributed by atoms with E-state index in [1.54, 1.807) is 0 Å². The first kappa shape index (κ1) is 28.2. The van der Waals surface area contributed by atoms with Crippen LogP contribution in [0.5, 0.6) is 0 Å². The molecule has 2 aromatic rings. The van der Waals surface area contributed by atoms with Crippen molar-refractivity contribution < 1.29 is 9.53 Å². The number of ether oxygens (including phenoxy) is 1. The molecule has 0 N–H and O–H groups in total. The molecule has 5 heteroatoms. The lowest BCUT2D eigenvalue weighted by atomic mass is 9.59. The number of nitrogens with zero attached hydrogens (tertiary/aromatic N) is 3. The SMILES string of the molecule is CC(C)c1ccccc1C1CN(CCc2ccccc2)CCN1C1CC2(CCN(C(=O)OC(C)(C)C)CC2)C1. The first-order chi connectivity index (χ1) is 18.6. The maximum absolute atomic E-state index is 12.6. The van der Waals surface area contributed by atoms with Gasteiger partial charge in [0.1, 0.15) is 5.60 Å². The third-order valence-corrected chi connectivity index (χ3v) is 9.32. The number of rotatable bonds is 6. The van der Waals surface area contributed by atoms with Crippen LogP contribution >= 0.6 is 0 Å². The van der Waals surface area contributed by atoms with E-state index in [4.69, 9.17) is 4.74 Å². The fraction of sp³-hybridized carbons (Fsp3) is 0.618. The van der Waals surface area contributed by atoms with E-state index < -0.39 is 5.60 Å². The third-order valence-electron chi connectivity index (χ3n) is 9.32. The fourth-order valence-corrected chi connectivity index (χ4v) is 7.12. The molecule has 2 heterocycles. The lowest BCUT2D eigenvalue weighted by molar-refractivity contribution is -0.0773. The van der Waals surface area contributed by atoms with Crippen LogP contribution in [0.4, 0.5) is 4.79 Å². The maximum Gasteiger partial charge on any atom is 0.410 e. The Labute approximate surface area is 236 Å². The van der Waals surface area contributed by atoms with Crippen LogP contribution in [-0.4, -0.2) is 71.7 Å². The van der Waals surface area contributed by atoms with Gasteiger partial charge in [0.05, 0.1) is 0 Å². The lowest BCUT2D eigenvalue weighted by Crippen LogP contribution is -2.60. The van der Waals surface area contributed by atoms with E-state index in [9.17, 15) is 4.79 Å². The van der Waals surface area contributed by atoms with Gasteiger partial charge >= 0.3 is 6.09 Å². The Hall–Kier alpha value is -2.37. The van der Waals surface area contributed by atoms with Gasteiger partial charge in [-0.3, -0.25) is 9.80 Å². The third kappa shape index (κ3) is 6.69. The molecule has 3 fully saturated rings. The van der Waals surface area contributed by atoms with Gasteiger partial charge in [-0.05, 0) is 80.9 Å². The van der Waals surface area contributed by atoms with Crippen LogP contribution in [0.2, 0.25) is 0 Å². The zero-order valence-corrected chi connectivity index (χ0v) is 24.9. The van der Waals surface area contributed by atoms with Gasteiger partial charge in [0.2, 0.25) is 0 Å². The van der Waals surface area contributed by atoms with Crippen molar-refractivity contribution in [2.24, 2.45) is 5.41 Å². The molecule has 1 saturated carbocycles. The predicted molar refractivity (Wildman–Crippen MR) is 159 cm³/mol. The number of likely N-dealkylation sites (tertiary alicyclic amines) is 1. The molecule has 2 saturated heterocycles. The molecule has 0 radical (unpaired) electrons. The summed E-state index contributed by atoms with van der Waals surface area (Å²) >= 11 is 0. The summed E-state index contributed by atoms with van der Waals surface area (Å²) in [6.07, 6.45) is 5.70. The van der Waals surface area contributed by atoms with Crippen molar-refractivity contribution in [1.82, 2.24) is 14.7 Å². The highest BCUT2D eigenvalue weighted by Crippen LogP contribution is 2.53. The van der Waals surface area contributed by atoms with E-state index in [1.165, 1.54) is 29.5 Å². The first-order valence-electron chi connectivity index (χ1n) is 15.2. The Balaban J connectivity index is 1.25. The van der Waals surface area contributed by atoms with Gasteiger partial charge in [0.15, 0.2) is 0 Å². The van der Waals surface area contributed by atoms with E-state index in [0.29, 0.717) is 23.4 Å². The van der Waals surface area contributed by atoms with Crippen molar-refractivity contribution in [3.63, 3.8) is 0 Å². The van der Waals surface area contributed by atoms with Crippen LogP contribution in [-0.2, 0) is 11.2 Å². The maximum atomic E-state index is 12.6. The summed E-state index contributed by atoms with van der Waals surface area (Å²) in [5.74, 6) is 0.521. The van der Waals surface area contributed by atoms with Crippen molar-refractivity contribution in [3.8, 4) is 0 Å². The van der Waals surface area contributed by atoms with Crippen molar-refractivity contribution in [2.75, 3.05) is 39.3 Å². The second kappa shape index (κ2) is 11.6. The van der Waals surface area contributed by atoms with Crippen LogP contribution in [0.25, 0.3) is 0 Å². The van der Waals surface area contributed by atoms with Gasteiger partial charge in [0.25, 0.3) is 0 Å². The summed E-state index contributed by atoms with van der Waals surface area (Å²) in [5.41, 5.74) is 4.42. The quantitative estimate of drug-likeness (QED) is 0.407. The molecule has 39 heavy (non-hydrogen) atoms. The zero-order chi connectivity index (χ0) is 27.6. The summed E-state index contributed by atoms with van der Waals surface area (Å²) in [6, 6.07) is 21.2. The van der Waals surface area contributed by atoms with E-state index in [-0.39, 0.29) is 6.09 Å². The number of benzene rings is 2. The number of hydrogen-bond acceptors (Lipinski definition) is 4. The normalized spacial score (nSPS) is 22.7. The average molecular weight is 532 g/mol. The summed E-state index contributed by atoms with van der Waals surface area (Å²) in [5, 5.41) is 0. The molecular formula is C34H49N3O2. The van der Waals surface area contributed by atoms with Crippen molar-refractivity contribution in [3.05, 3.63) is 71.3 Å². The summed E-state index contributed by atoms with van der Waals surface area (Å²) in [7, 11) is 0. The zero-order valence-electron chi connectivity index (χ0n) is 24.9. The minimum Gasteiger partial charge on any atom is -0.444 e. The van der Waals surface area contributed by atoms with Gasteiger partial charge in [0, 0.05) is 51.4 Å². The number of carbonyl (C=O) groups excluding carboxylic acids is 1. The second-order valence-electron chi connectivity index (χ2n) is 13.6. The predicted octanol–water partition coefficient (Wildman–Crippen LogP) is 6.89. The molecule has 3 aliphatic rings. The Morgan fingerprint density at radius 2 is 1.62 bits per heavy atom. The molecule has 1 aliphatic carbocycles. The first-order valence-corrected chi connectivity index (χ1v) is 15.2. The molecule has 2 aliphatic heterocycles. The Bertz CT molecular complexity index is 1090. The molecule has 2 aromatic carbocycles. The van der Waals surface area contributed by atoms with Gasteiger partial charge in [-0.25, -0.2) is 4.79 Å². The molecule has 212 valence electrons. The summed E-state index contributed by atoms with van der Waals surface area (Å²) in [6.45, 7) is 16.7. The van der Waals surface area contributed by atoms with Gasteiger partial charge < -0.3 is 9.64 Å². The highest BCUT2D eigenvalue weighted by molar-refractivity contribution is 5.68. The number of carbonyl (C=O) groups is 1. The van der Waals surface area contributed by atoms with Crippen molar-refractivity contribution in [1.29, 1.82) is 0 Å². The summed E-state index contributed by atoms with van der Waals surface area (Å²) < 4.78 is 5.64. The van der Waals surface area contributed by atoms with Crippen LogP contribution in [0.3, 0.4) is 0 Å². The lowest BCUT2D eigenvalue weighted by Gasteiger charge is -2.58. The fourth-order valence-electron chi connectivity index (χ4n) is 7.12. The van der Waals surface area contributed by atoms with Gasteiger partial charge in [-0.1, -0.05) is 68.4 Å². The number of piperidine rings is 1. The number of hydrogen-bond donors (Lipinski definition) is 0. The monoisotopic (exact) mass is 531 g/mol. The molecule has 0 aromatic heterocycles. The smallest absolute Gasteiger partial charge is 0.410 e. The average Bonchev–Trinajstić information content (AvgIpc) is 2.90. The molecule has 1 atom stereocenters. The highest BCUT2D eigenvalue weighted by Gasteiger charge is 2.50. The van der Waals surface area contributed by atoms with E-state index >= 15 is 0 Å². The molecule has 1 spiro atoms. The van der Waals surface area contributed by atoms with Crippen molar-refractivity contribution in [2.45, 2.75) is 90.3 Å². The van der Waals surface area contributed by atoms with E-state index in [1.807, 2.05) is 25.7 Å². The molecule has 0 bridgehead atoms. The number of piperazine rings is 1. The van der Waals surface area contributed by atoms with Crippen LogP contribution in [0.1, 0.15) is 89.0 Å². The minimum absolute atomic E-state index is 0.148. The Kier molecular flexibility index (Phi) is 8.40. The largest absolute Gasteiger partial charge is 0.444 e. The molecule has 5 nitrogen and oxygen atoms in total. The molecule has 1 amide bonds. The molecule has 1 unspecified atom stereocenters.